The summed E-state index contributed by atoms with van der Waals surface area (Å²) < 4.78 is 10.7. The summed E-state index contributed by atoms with van der Waals surface area (Å²) in [5, 5.41) is 5.90. The lowest BCUT2D eigenvalue weighted by Crippen LogP contribution is -2.53. The second-order valence-corrected chi connectivity index (χ2v) is 4.67. The normalized spacial score (nSPS) is 14.0. The van der Waals surface area contributed by atoms with E-state index < -0.39 is 0 Å². The number of hydrogen-bond donors (Lipinski definition) is 2. The molecule has 0 saturated carbocycles. The van der Waals surface area contributed by atoms with Gasteiger partial charge in [0, 0.05) is 26.2 Å². The first-order chi connectivity index (χ1) is 11.3. The van der Waals surface area contributed by atoms with Crippen LogP contribution in [0.15, 0.2) is 0 Å². The van der Waals surface area contributed by atoms with E-state index in [4.69, 9.17) is 9.47 Å². The van der Waals surface area contributed by atoms with Crippen molar-refractivity contribution >= 4 is 5.91 Å². The van der Waals surface area contributed by atoms with Crippen molar-refractivity contribution in [2.75, 3.05) is 66.2 Å². The highest BCUT2D eigenvalue weighted by Gasteiger charge is 2.30. The summed E-state index contributed by atoms with van der Waals surface area (Å²) in [5.41, 5.74) is 0. The second-order valence-electron chi connectivity index (χ2n) is 4.67. The maximum absolute atomic E-state index is 11.7. The van der Waals surface area contributed by atoms with Gasteiger partial charge in [-0.1, -0.05) is 34.6 Å². The number of hydrogen-bond acceptors (Lipinski definition) is 5. The Balaban J connectivity index is 0. The van der Waals surface area contributed by atoms with E-state index in [9.17, 15) is 4.79 Å². The molecular weight excluding hydrogens is 294 g/mol. The van der Waals surface area contributed by atoms with Gasteiger partial charge in [0.1, 0.15) is 0 Å². The maximum Gasteiger partial charge on any atom is 0.225 e. The van der Waals surface area contributed by atoms with Crippen LogP contribution in [0.4, 0.5) is 0 Å². The molecular formula is C17H39N3O3. The molecule has 0 aromatic heterocycles. The molecule has 1 rings (SSSR count). The van der Waals surface area contributed by atoms with Crippen LogP contribution in [-0.4, -0.2) is 77.0 Å². The summed E-state index contributed by atoms with van der Waals surface area (Å²) in [5.74, 6) is 0.323. The van der Waals surface area contributed by atoms with E-state index in [1.807, 2.05) is 34.7 Å². The van der Waals surface area contributed by atoms with E-state index in [1.165, 1.54) is 0 Å². The zero-order valence-electron chi connectivity index (χ0n) is 16.1. The third kappa shape index (κ3) is 13.4. The van der Waals surface area contributed by atoms with Crippen molar-refractivity contribution in [3.63, 3.8) is 0 Å². The largest absolute Gasteiger partial charge is 0.378 e. The molecule has 6 nitrogen and oxygen atoms in total. The van der Waals surface area contributed by atoms with Crippen LogP contribution in [0.2, 0.25) is 0 Å². The quantitative estimate of drug-likeness (QED) is 0.559. The van der Waals surface area contributed by atoms with Crippen LogP contribution in [0.5, 0.6) is 0 Å². The van der Waals surface area contributed by atoms with Gasteiger partial charge in [0.2, 0.25) is 5.91 Å². The Bertz CT molecular complexity index is 247. The number of carbonyl (C=O) groups excluding carboxylic acids is 1. The summed E-state index contributed by atoms with van der Waals surface area (Å²) in [7, 11) is 1.89. The summed E-state index contributed by atoms with van der Waals surface area (Å²) in [6.45, 7) is 16.8. The Hall–Kier alpha value is -0.690. The highest BCUT2D eigenvalue weighted by atomic mass is 16.5. The highest BCUT2D eigenvalue weighted by Crippen LogP contribution is 2.14. The first kappa shape index (κ1) is 24.6. The number of rotatable bonds is 11. The van der Waals surface area contributed by atoms with Crippen molar-refractivity contribution in [2.24, 2.45) is 5.92 Å². The van der Waals surface area contributed by atoms with Gasteiger partial charge in [0.05, 0.1) is 32.3 Å². The third-order valence-corrected chi connectivity index (χ3v) is 3.19. The van der Waals surface area contributed by atoms with Crippen LogP contribution in [0.3, 0.4) is 0 Å². The van der Waals surface area contributed by atoms with Crippen molar-refractivity contribution in [2.45, 2.75) is 34.6 Å². The van der Waals surface area contributed by atoms with Crippen molar-refractivity contribution in [1.29, 1.82) is 0 Å². The van der Waals surface area contributed by atoms with Gasteiger partial charge >= 0.3 is 0 Å². The summed E-state index contributed by atoms with van der Waals surface area (Å²) in [6.07, 6.45) is 0. The lowest BCUT2D eigenvalue weighted by Gasteiger charge is -2.37. The van der Waals surface area contributed by atoms with Gasteiger partial charge in [-0.2, -0.15) is 0 Å². The Morgan fingerprint density at radius 2 is 1.52 bits per heavy atom. The lowest BCUT2D eigenvalue weighted by molar-refractivity contribution is -0.130. The number of likely N-dealkylation sites (N-methyl/N-ethyl adjacent to an activating group) is 1. The van der Waals surface area contributed by atoms with Gasteiger partial charge in [-0.25, -0.2) is 0 Å². The molecule has 0 bridgehead atoms. The predicted molar refractivity (Wildman–Crippen MR) is 96.9 cm³/mol. The molecule has 1 amide bonds. The molecule has 0 unspecified atom stereocenters. The lowest BCUT2D eigenvalue weighted by atomic mass is 9.99. The van der Waals surface area contributed by atoms with E-state index in [0.29, 0.717) is 33.0 Å². The molecule has 140 valence electrons. The molecule has 1 aliphatic rings. The minimum Gasteiger partial charge on any atom is -0.378 e. The number of nitrogens with one attached hydrogen (secondary N) is 2. The number of amides is 1. The Labute approximate surface area is 143 Å². The molecule has 1 saturated heterocycles. The minimum absolute atomic E-state index is 0.151. The minimum atomic E-state index is 0.151. The Morgan fingerprint density at radius 3 is 2.00 bits per heavy atom. The second kappa shape index (κ2) is 19.4. The molecule has 0 aromatic carbocycles. The summed E-state index contributed by atoms with van der Waals surface area (Å²) in [4.78, 5) is 13.9. The van der Waals surface area contributed by atoms with Crippen LogP contribution in [0.1, 0.15) is 34.6 Å². The van der Waals surface area contributed by atoms with E-state index >= 15 is 0 Å². The Kier molecular flexibility index (Phi) is 20.7. The number of likely N-dealkylation sites (tertiary alicyclic amines) is 1. The highest BCUT2D eigenvalue weighted by molar-refractivity contribution is 5.79. The monoisotopic (exact) mass is 333 g/mol. The number of nitrogens with zero attached hydrogens (tertiary/aromatic N) is 1. The average molecular weight is 334 g/mol. The van der Waals surface area contributed by atoms with Gasteiger partial charge in [0.15, 0.2) is 0 Å². The van der Waals surface area contributed by atoms with Crippen LogP contribution in [-0.2, 0) is 14.3 Å². The SMILES string of the molecule is CC.CC.CCN1CC(C(=O)NCCOCCOCCNC)C1. The molecule has 23 heavy (non-hydrogen) atoms. The molecule has 0 aliphatic carbocycles. The third-order valence-electron chi connectivity index (χ3n) is 3.19. The van der Waals surface area contributed by atoms with Crippen molar-refractivity contribution in [1.82, 2.24) is 15.5 Å². The van der Waals surface area contributed by atoms with Crippen LogP contribution in [0, 0.1) is 5.92 Å². The van der Waals surface area contributed by atoms with E-state index in [-0.39, 0.29) is 11.8 Å². The van der Waals surface area contributed by atoms with Gasteiger partial charge in [-0.3, -0.25) is 4.79 Å². The Morgan fingerprint density at radius 1 is 1.00 bits per heavy atom. The fraction of sp³-hybridized carbons (Fsp3) is 0.941. The van der Waals surface area contributed by atoms with Crippen molar-refractivity contribution in [3.05, 3.63) is 0 Å². The molecule has 0 aromatic rings. The maximum atomic E-state index is 11.7. The number of ether oxygens (including phenoxy) is 2. The van der Waals surface area contributed by atoms with Gasteiger partial charge in [-0.15, -0.1) is 0 Å². The van der Waals surface area contributed by atoms with E-state index in [0.717, 1.165) is 26.2 Å². The topological polar surface area (TPSA) is 62.8 Å². The smallest absolute Gasteiger partial charge is 0.225 e. The fourth-order valence-corrected chi connectivity index (χ4v) is 1.88. The molecule has 6 heteroatoms. The van der Waals surface area contributed by atoms with E-state index in [1.54, 1.807) is 0 Å². The van der Waals surface area contributed by atoms with Gasteiger partial charge < -0.3 is 25.0 Å². The number of carbonyl (C=O) groups is 1. The summed E-state index contributed by atoms with van der Waals surface area (Å²) >= 11 is 0. The summed E-state index contributed by atoms with van der Waals surface area (Å²) in [6, 6.07) is 0. The first-order valence-electron chi connectivity index (χ1n) is 9.08. The van der Waals surface area contributed by atoms with Crippen LogP contribution in [0.25, 0.3) is 0 Å². The first-order valence-corrected chi connectivity index (χ1v) is 9.08. The van der Waals surface area contributed by atoms with Gasteiger partial charge in [0.25, 0.3) is 0 Å². The predicted octanol–water partition coefficient (Wildman–Crippen LogP) is 1.36. The van der Waals surface area contributed by atoms with Gasteiger partial charge in [-0.05, 0) is 13.6 Å². The molecule has 1 heterocycles. The van der Waals surface area contributed by atoms with Crippen LogP contribution < -0.4 is 10.6 Å². The van der Waals surface area contributed by atoms with Crippen LogP contribution >= 0.6 is 0 Å². The zero-order valence-corrected chi connectivity index (χ0v) is 16.1. The average Bonchev–Trinajstić information content (AvgIpc) is 2.56. The standard InChI is InChI=1S/C13H27N3O3.2C2H6/c1-3-16-10-12(11-16)13(17)15-5-7-19-9-8-18-6-4-14-2;2*1-2/h12,14H,3-11H2,1-2H3,(H,15,17);2*1-2H3. The van der Waals surface area contributed by atoms with Crippen molar-refractivity contribution in [3.8, 4) is 0 Å². The molecule has 0 spiro atoms. The molecule has 0 radical (unpaired) electrons. The van der Waals surface area contributed by atoms with E-state index in [2.05, 4.69) is 22.5 Å². The molecule has 1 aliphatic heterocycles. The fourth-order valence-electron chi connectivity index (χ4n) is 1.88. The zero-order chi connectivity index (χ0) is 17.9. The molecule has 2 N–H and O–H groups in total. The molecule has 1 fully saturated rings. The van der Waals surface area contributed by atoms with Crippen molar-refractivity contribution < 1.29 is 14.3 Å². The molecule has 0 atom stereocenters.